The lowest BCUT2D eigenvalue weighted by Gasteiger charge is -2.13. The Morgan fingerprint density at radius 2 is 2.00 bits per heavy atom. The summed E-state index contributed by atoms with van der Waals surface area (Å²) in [5.74, 6) is 5.40. The molecule has 0 aliphatic rings. The van der Waals surface area contributed by atoms with Gasteiger partial charge in [-0.2, -0.15) is 0 Å². The highest BCUT2D eigenvalue weighted by Gasteiger charge is 2.03. The molecule has 1 amide bonds. The molecule has 0 saturated heterocycles. The van der Waals surface area contributed by atoms with E-state index in [1.807, 2.05) is 6.07 Å². The standard InChI is InChI=1S/C8H10N2O2/c1-7(11)10(9)12-8-5-3-2-4-6-8/h2-6H,9H2,1H3. The van der Waals surface area contributed by atoms with Crippen molar-refractivity contribution < 1.29 is 9.63 Å². The molecule has 0 saturated carbocycles. The van der Waals surface area contributed by atoms with Gasteiger partial charge in [0.1, 0.15) is 0 Å². The van der Waals surface area contributed by atoms with E-state index in [1.54, 1.807) is 24.3 Å². The molecule has 1 aromatic rings. The third-order valence-electron chi connectivity index (χ3n) is 1.26. The van der Waals surface area contributed by atoms with Gasteiger partial charge >= 0.3 is 0 Å². The third-order valence-corrected chi connectivity index (χ3v) is 1.26. The first kappa shape index (κ1) is 8.55. The molecule has 1 aromatic carbocycles. The summed E-state index contributed by atoms with van der Waals surface area (Å²) in [4.78, 5) is 15.6. The molecule has 0 aliphatic carbocycles. The first-order chi connectivity index (χ1) is 5.70. The van der Waals surface area contributed by atoms with Gasteiger partial charge in [-0.1, -0.05) is 18.2 Å². The van der Waals surface area contributed by atoms with E-state index in [2.05, 4.69) is 0 Å². The second kappa shape index (κ2) is 3.73. The Morgan fingerprint density at radius 1 is 1.42 bits per heavy atom. The first-order valence-corrected chi connectivity index (χ1v) is 3.48. The highest BCUT2D eigenvalue weighted by atomic mass is 16.7. The summed E-state index contributed by atoms with van der Waals surface area (Å²) in [5.41, 5.74) is 0. The van der Waals surface area contributed by atoms with Gasteiger partial charge in [0.15, 0.2) is 5.75 Å². The van der Waals surface area contributed by atoms with Gasteiger partial charge in [-0.05, 0) is 12.1 Å². The van der Waals surface area contributed by atoms with Crippen LogP contribution in [0.15, 0.2) is 30.3 Å². The highest BCUT2D eigenvalue weighted by molar-refractivity contribution is 5.71. The van der Waals surface area contributed by atoms with Crippen molar-refractivity contribution in [2.75, 3.05) is 0 Å². The van der Waals surface area contributed by atoms with Crippen molar-refractivity contribution in [1.82, 2.24) is 5.17 Å². The average Bonchev–Trinajstić information content (AvgIpc) is 2.06. The molecule has 0 aliphatic heterocycles. The van der Waals surface area contributed by atoms with E-state index >= 15 is 0 Å². The van der Waals surface area contributed by atoms with Crippen molar-refractivity contribution in [3.63, 3.8) is 0 Å². The van der Waals surface area contributed by atoms with E-state index in [1.165, 1.54) is 6.92 Å². The fourth-order valence-electron chi connectivity index (χ4n) is 0.659. The van der Waals surface area contributed by atoms with Crippen LogP contribution in [0.2, 0.25) is 0 Å². The molecular weight excluding hydrogens is 156 g/mol. The lowest BCUT2D eigenvalue weighted by Crippen LogP contribution is -2.38. The van der Waals surface area contributed by atoms with Crippen molar-refractivity contribution in [3.05, 3.63) is 30.3 Å². The van der Waals surface area contributed by atoms with Crippen molar-refractivity contribution in [1.29, 1.82) is 0 Å². The van der Waals surface area contributed by atoms with Gasteiger partial charge in [-0.15, -0.1) is 5.17 Å². The number of carbonyl (C=O) groups excluding carboxylic acids is 1. The number of hydrogen-bond acceptors (Lipinski definition) is 3. The predicted octanol–water partition coefficient (Wildman–Crippen LogP) is 0.703. The Labute approximate surface area is 70.5 Å². The number of benzene rings is 1. The second-order valence-electron chi connectivity index (χ2n) is 2.25. The van der Waals surface area contributed by atoms with Crippen molar-refractivity contribution >= 4 is 5.91 Å². The van der Waals surface area contributed by atoms with Crippen LogP contribution in [0.5, 0.6) is 5.75 Å². The fraction of sp³-hybridized carbons (Fsp3) is 0.125. The Kier molecular flexibility index (Phi) is 2.66. The molecule has 0 atom stereocenters. The predicted molar refractivity (Wildman–Crippen MR) is 43.8 cm³/mol. The van der Waals surface area contributed by atoms with Gasteiger partial charge in [-0.25, -0.2) is 5.84 Å². The lowest BCUT2D eigenvalue weighted by atomic mass is 10.3. The lowest BCUT2D eigenvalue weighted by molar-refractivity contribution is -0.155. The third kappa shape index (κ3) is 2.25. The Morgan fingerprint density at radius 3 is 2.50 bits per heavy atom. The van der Waals surface area contributed by atoms with Crippen LogP contribution < -0.4 is 10.7 Å². The Bertz CT molecular complexity index is 261. The molecule has 0 spiro atoms. The van der Waals surface area contributed by atoms with E-state index in [4.69, 9.17) is 10.7 Å². The molecule has 0 radical (unpaired) electrons. The molecule has 0 heterocycles. The molecule has 1 rings (SSSR count). The number of hydrogen-bond donors (Lipinski definition) is 1. The molecule has 0 unspecified atom stereocenters. The zero-order valence-electron chi connectivity index (χ0n) is 6.73. The van der Waals surface area contributed by atoms with E-state index < -0.39 is 0 Å². The van der Waals surface area contributed by atoms with Crippen molar-refractivity contribution in [3.8, 4) is 5.75 Å². The van der Waals surface area contributed by atoms with E-state index in [9.17, 15) is 4.79 Å². The minimum absolute atomic E-state index is 0.348. The Hall–Kier alpha value is -1.55. The number of hydrazine groups is 1. The van der Waals surface area contributed by atoms with Gasteiger partial charge in [0.25, 0.3) is 5.91 Å². The maximum Gasteiger partial charge on any atom is 0.269 e. The number of para-hydroxylation sites is 1. The van der Waals surface area contributed by atoms with Crippen LogP contribution in [-0.2, 0) is 4.79 Å². The van der Waals surface area contributed by atoms with Crippen LogP contribution in [0.3, 0.4) is 0 Å². The summed E-state index contributed by atoms with van der Waals surface area (Å²) in [6.07, 6.45) is 0. The number of nitrogens with zero attached hydrogens (tertiary/aromatic N) is 1. The normalized spacial score (nSPS) is 9.17. The van der Waals surface area contributed by atoms with Gasteiger partial charge in [0.05, 0.1) is 0 Å². The molecule has 4 heteroatoms. The highest BCUT2D eigenvalue weighted by Crippen LogP contribution is 2.08. The van der Waals surface area contributed by atoms with E-state index in [0.717, 1.165) is 0 Å². The van der Waals surface area contributed by atoms with Crippen molar-refractivity contribution in [2.45, 2.75) is 6.92 Å². The van der Waals surface area contributed by atoms with Crippen LogP contribution >= 0.6 is 0 Å². The molecule has 0 fully saturated rings. The monoisotopic (exact) mass is 166 g/mol. The van der Waals surface area contributed by atoms with Crippen LogP contribution in [-0.4, -0.2) is 11.1 Å². The van der Waals surface area contributed by atoms with Crippen molar-refractivity contribution in [2.24, 2.45) is 5.84 Å². The molecule has 4 nitrogen and oxygen atoms in total. The zero-order chi connectivity index (χ0) is 8.97. The second-order valence-corrected chi connectivity index (χ2v) is 2.25. The summed E-state index contributed by atoms with van der Waals surface area (Å²) >= 11 is 0. The molecule has 0 aromatic heterocycles. The van der Waals surface area contributed by atoms with Crippen LogP contribution in [0, 0.1) is 0 Å². The summed E-state index contributed by atoms with van der Waals surface area (Å²) in [7, 11) is 0. The van der Waals surface area contributed by atoms with Crippen LogP contribution in [0.1, 0.15) is 6.92 Å². The summed E-state index contributed by atoms with van der Waals surface area (Å²) in [5, 5.41) is 0.690. The number of carbonyl (C=O) groups is 1. The van der Waals surface area contributed by atoms with Crippen LogP contribution in [0.4, 0.5) is 0 Å². The van der Waals surface area contributed by atoms with Crippen LogP contribution in [0.25, 0.3) is 0 Å². The maximum absolute atomic E-state index is 10.6. The maximum atomic E-state index is 10.6. The molecule has 2 N–H and O–H groups in total. The van der Waals surface area contributed by atoms with E-state index in [-0.39, 0.29) is 5.91 Å². The largest absolute Gasteiger partial charge is 0.361 e. The molecular formula is C8H10N2O2. The average molecular weight is 166 g/mol. The smallest absolute Gasteiger partial charge is 0.269 e. The Balaban J connectivity index is 2.58. The molecule has 12 heavy (non-hydrogen) atoms. The van der Waals surface area contributed by atoms with E-state index in [0.29, 0.717) is 10.9 Å². The minimum atomic E-state index is -0.348. The number of rotatable bonds is 2. The topological polar surface area (TPSA) is 55.6 Å². The first-order valence-electron chi connectivity index (χ1n) is 3.48. The van der Waals surface area contributed by atoms with Gasteiger partial charge < -0.3 is 4.84 Å². The minimum Gasteiger partial charge on any atom is -0.361 e. The molecule has 64 valence electrons. The summed E-state index contributed by atoms with van der Waals surface area (Å²) in [6, 6.07) is 8.86. The van der Waals surface area contributed by atoms with Gasteiger partial charge in [-0.3, -0.25) is 4.79 Å². The zero-order valence-corrected chi connectivity index (χ0v) is 6.73. The summed E-state index contributed by atoms with van der Waals surface area (Å²) in [6.45, 7) is 1.32. The van der Waals surface area contributed by atoms with Gasteiger partial charge in [0, 0.05) is 6.92 Å². The van der Waals surface area contributed by atoms with Gasteiger partial charge in [0.2, 0.25) is 0 Å². The number of nitrogens with two attached hydrogens (primary N) is 1. The number of hydroxylamine groups is 1. The fourth-order valence-corrected chi connectivity index (χ4v) is 0.659. The SMILES string of the molecule is CC(=O)N(N)Oc1ccccc1. The molecule has 0 bridgehead atoms. The quantitative estimate of drug-likeness (QED) is 0.400. The summed E-state index contributed by atoms with van der Waals surface area (Å²) < 4.78 is 0. The number of amides is 1.